The summed E-state index contributed by atoms with van der Waals surface area (Å²) in [6, 6.07) is 0. The van der Waals surface area contributed by atoms with Gasteiger partial charge in [0.15, 0.2) is 0 Å². The Morgan fingerprint density at radius 3 is 1.53 bits per heavy atom. The highest BCUT2D eigenvalue weighted by Gasteiger charge is 2.60. The molecule has 104 valence electrons. The molecule has 1 atom stereocenters. The quantitative estimate of drug-likeness (QED) is 0.694. The second kappa shape index (κ2) is 4.62. The molecule has 0 aromatic rings. The van der Waals surface area contributed by atoms with Gasteiger partial charge in [-0.15, -0.1) is 0 Å². The summed E-state index contributed by atoms with van der Waals surface area (Å²) in [7, 11) is 0. The standard InChI is InChI=1S/C9H13F7O/c1-6(2,9(14,15)16)7(3,10)17-5-4-8(11,12)13/h4-5H2,1-3H3. The third-order valence-electron chi connectivity index (χ3n) is 2.58. The van der Waals surface area contributed by atoms with Crippen molar-refractivity contribution in [2.24, 2.45) is 5.41 Å². The fraction of sp³-hybridized carbons (Fsp3) is 1.00. The molecule has 1 unspecified atom stereocenters. The Morgan fingerprint density at radius 2 is 1.24 bits per heavy atom. The first-order valence-electron chi connectivity index (χ1n) is 4.67. The van der Waals surface area contributed by atoms with Gasteiger partial charge >= 0.3 is 12.4 Å². The Balaban J connectivity index is 4.58. The van der Waals surface area contributed by atoms with E-state index in [2.05, 4.69) is 4.74 Å². The first-order chi connectivity index (χ1) is 7.21. The number of halogens is 7. The summed E-state index contributed by atoms with van der Waals surface area (Å²) in [4.78, 5) is 0. The lowest BCUT2D eigenvalue weighted by Crippen LogP contribution is -2.50. The minimum absolute atomic E-state index is 0.469. The zero-order valence-electron chi connectivity index (χ0n) is 9.47. The van der Waals surface area contributed by atoms with Crippen molar-refractivity contribution in [2.45, 2.75) is 45.4 Å². The maximum atomic E-state index is 13.6. The van der Waals surface area contributed by atoms with Crippen LogP contribution in [0.5, 0.6) is 0 Å². The smallest absolute Gasteiger partial charge is 0.345 e. The van der Waals surface area contributed by atoms with E-state index in [0.29, 0.717) is 20.8 Å². The van der Waals surface area contributed by atoms with Crippen LogP contribution in [0.3, 0.4) is 0 Å². The second-order valence-electron chi connectivity index (χ2n) is 4.25. The summed E-state index contributed by atoms with van der Waals surface area (Å²) < 4.78 is 90.3. The van der Waals surface area contributed by atoms with E-state index >= 15 is 0 Å². The summed E-state index contributed by atoms with van der Waals surface area (Å²) in [6.07, 6.45) is -11.0. The van der Waals surface area contributed by atoms with E-state index in [0.717, 1.165) is 0 Å². The molecular formula is C9H13F7O. The third-order valence-corrected chi connectivity index (χ3v) is 2.58. The Labute approximate surface area is 93.9 Å². The number of hydrogen-bond donors (Lipinski definition) is 0. The lowest BCUT2D eigenvalue weighted by molar-refractivity contribution is -0.319. The minimum Gasteiger partial charge on any atom is -0.345 e. The van der Waals surface area contributed by atoms with E-state index < -0.39 is 36.7 Å². The number of hydrogen-bond acceptors (Lipinski definition) is 1. The molecule has 0 aromatic heterocycles. The lowest BCUT2D eigenvalue weighted by atomic mass is 9.84. The molecule has 0 spiro atoms. The molecule has 0 heterocycles. The molecule has 0 bridgehead atoms. The lowest BCUT2D eigenvalue weighted by Gasteiger charge is -2.38. The first-order valence-corrected chi connectivity index (χ1v) is 4.67. The van der Waals surface area contributed by atoms with Crippen molar-refractivity contribution in [2.75, 3.05) is 6.61 Å². The Bertz CT molecular complexity index is 251. The topological polar surface area (TPSA) is 9.23 Å². The van der Waals surface area contributed by atoms with Gasteiger partial charge in [0.2, 0.25) is 5.85 Å². The number of rotatable bonds is 4. The Hall–Kier alpha value is -0.530. The van der Waals surface area contributed by atoms with Crippen LogP contribution < -0.4 is 0 Å². The predicted molar refractivity (Wildman–Crippen MR) is 46.0 cm³/mol. The molecule has 0 amide bonds. The molecule has 0 aliphatic carbocycles. The van der Waals surface area contributed by atoms with E-state index in [1.54, 1.807) is 0 Å². The van der Waals surface area contributed by atoms with Gasteiger partial charge in [-0.2, -0.15) is 26.3 Å². The van der Waals surface area contributed by atoms with Crippen LogP contribution in [0.2, 0.25) is 0 Å². The fourth-order valence-corrected chi connectivity index (χ4v) is 0.792. The molecule has 1 nitrogen and oxygen atoms in total. The number of alkyl halides is 7. The van der Waals surface area contributed by atoms with Gasteiger partial charge in [0.1, 0.15) is 5.41 Å². The van der Waals surface area contributed by atoms with E-state index in [1.165, 1.54) is 0 Å². The van der Waals surface area contributed by atoms with Crippen molar-refractivity contribution in [1.82, 2.24) is 0 Å². The van der Waals surface area contributed by atoms with Crippen LogP contribution in [0.15, 0.2) is 0 Å². The van der Waals surface area contributed by atoms with Crippen molar-refractivity contribution in [3.63, 3.8) is 0 Å². The van der Waals surface area contributed by atoms with Crippen molar-refractivity contribution in [3.8, 4) is 0 Å². The molecule has 0 aromatic carbocycles. The molecule has 0 aliphatic heterocycles. The van der Waals surface area contributed by atoms with Crippen LogP contribution in [0.4, 0.5) is 30.7 Å². The van der Waals surface area contributed by atoms with Crippen molar-refractivity contribution in [1.29, 1.82) is 0 Å². The summed E-state index contributed by atoms with van der Waals surface area (Å²) in [5.41, 5.74) is -2.90. The molecule has 0 radical (unpaired) electrons. The number of ether oxygens (including phenoxy) is 1. The van der Waals surface area contributed by atoms with Crippen molar-refractivity contribution in [3.05, 3.63) is 0 Å². The molecule has 8 heteroatoms. The first kappa shape index (κ1) is 16.5. The fourth-order valence-electron chi connectivity index (χ4n) is 0.792. The molecule has 0 rings (SSSR count). The van der Waals surface area contributed by atoms with Crippen molar-refractivity contribution < 1.29 is 35.5 Å². The van der Waals surface area contributed by atoms with E-state index in [9.17, 15) is 30.7 Å². The highest BCUT2D eigenvalue weighted by molar-refractivity contribution is 4.89. The summed E-state index contributed by atoms with van der Waals surface area (Å²) in [6.45, 7) is 0.369. The average Bonchev–Trinajstić information content (AvgIpc) is 1.98. The molecule has 17 heavy (non-hydrogen) atoms. The summed E-state index contributed by atoms with van der Waals surface area (Å²) in [5.74, 6) is -3.23. The van der Waals surface area contributed by atoms with Gasteiger partial charge in [-0.3, -0.25) is 0 Å². The minimum atomic E-state index is -4.92. The molecular weight excluding hydrogens is 257 g/mol. The van der Waals surface area contributed by atoms with Crippen LogP contribution in [0, 0.1) is 5.41 Å². The van der Waals surface area contributed by atoms with Gasteiger partial charge in [-0.25, -0.2) is 4.39 Å². The zero-order valence-corrected chi connectivity index (χ0v) is 9.47. The van der Waals surface area contributed by atoms with Gasteiger partial charge < -0.3 is 4.74 Å². The van der Waals surface area contributed by atoms with Crippen LogP contribution in [-0.4, -0.2) is 24.8 Å². The molecule has 0 saturated carbocycles. The maximum absolute atomic E-state index is 13.6. The second-order valence-corrected chi connectivity index (χ2v) is 4.25. The molecule has 0 fully saturated rings. The molecule has 0 N–H and O–H groups in total. The van der Waals surface area contributed by atoms with E-state index in [-0.39, 0.29) is 0 Å². The Morgan fingerprint density at radius 1 is 0.824 bits per heavy atom. The Kier molecular flexibility index (Phi) is 4.48. The van der Waals surface area contributed by atoms with Crippen molar-refractivity contribution >= 4 is 0 Å². The van der Waals surface area contributed by atoms with E-state index in [1.807, 2.05) is 0 Å². The van der Waals surface area contributed by atoms with E-state index in [4.69, 9.17) is 0 Å². The predicted octanol–water partition coefficient (Wildman–Crippen LogP) is 4.23. The van der Waals surface area contributed by atoms with Gasteiger partial charge in [0, 0.05) is 0 Å². The van der Waals surface area contributed by atoms with Gasteiger partial charge in [-0.05, 0) is 20.8 Å². The average molecular weight is 270 g/mol. The van der Waals surface area contributed by atoms with Crippen LogP contribution in [0.1, 0.15) is 27.2 Å². The van der Waals surface area contributed by atoms with Crippen LogP contribution >= 0.6 is 0 Å². The van der Waals surface area contributed by atoms with Gasteiger partial charge in [0.05, 0.1) is 13.0 Å². The van der Waals surface area contributed by atoms with Gasteiger partial charge in [-0.1, -0.05) is 0 Å². The third kappa shape index (κ3) is 4.33. The van der Waals surface area contributed by atoms with Gasteiger partial charge in [0.25, 0.3) is 0 Å². The highest BCUT2D eigenvalue weighted by atomic mass is 19.4. The molecule has 0 aliphatic rings. The largest absolute Gasteiger partial charge is 0.399 e. The van der Waals surface area contributed by atoms with Crippen LogP contribution in [0.25, 0.3) is 0 Å². The summed E-state index contributed by atoms with van der Waals surface area (Å²) in [5, 5.41) is 0. The summed E-state index contributed by atoms with van der Waals surface area (Å²) >= 11 is 0. The van der Waals surface area contributed by atoms with Crippen LogP contribution in [-0.2, 0) is 4.74 Å². The zero-order chi connectivity index (χ0) is 14.1. The SMILES string of the molecule is CC(F)(OCCC(F)(F)F)C(C)(C)C(F)(F)F. The molecule has 0 saturated heterocycles. The maximum Gasteiger partial charge on any atom is 0.399 e. The normalized spacial score (nSPS) is 18.0. The highest BCUT2D eigenvalue weighted by Crippen LogP contribution is 2.48. The monoisotopic (exact) mass is 270 g/mol.